The molecule has 42 heavy (non-hydrogen) atoms. The third-order valence-electron chi connectivity index (χ3n) is 5.29. The van der Waals surface area contributed by atoms with E-state index in [2.05, 4.69) is 0 Å². The first-order valence-corrected chi connectivity index (χ1v) is 15.0. The molecule has 0 aromatic heterocycles. The van der Waals surface area contributed by atoms with Gasteiger partial charge in [-0.05, 0) is 0 Å². The number of carbonyl (C=O) groups is 1. The van der Waals surface area contributed by atoms with E-state index in [1.807, 2.05) is 13.8 Å². The molecule has 0 fully saturated rings. The maximum Gasteiger partial charge on any atom is 0.137 e. The lowest BCUT2D eigenvalue weighted by molar-refractivity contribution is -0.123. The van der Waals surface area contributed by atoms with Crippen molar-refractivity contribution in [2.75, 3.05) is 159 Å². The molecule has 0 aliphatic rings. The van der Waals surface area contributed by atoms with E-state index in [1.54, 1.807) is 7.11 Å². The second-order valence-corrected chi connectivity index (χ2v) is 9.10. The van der Waals surface area contributed by atoms with Gasteiger partial charge in [-0.2, -0.15) is 0 Å². The van der Waals surface area contributed by atoms with Crippen LogP contribution in [0.1, 0.15) is 20.3 Å². The first-order valence-electron chi connectivity index (χ1n) is 15.0. The maximum atomic E-state index is 11.5. The molecule has 0 unspecified atom stereocenters. The Balaban J connectivity index is 3.06. The number of ketones is 1. The number of rotatable bonds is 37. The van der Waals surface area contributed by atoms with Gasteiger partial charge >= 0.3 is 0 Å². The Kier molecular flexibility index (Phi) is 35.7. The highest BCUT2D eigenvalue weighted by atomic mass is 16.6. The quantitative estimate of drug-likeness (QED) is 0.0937. The normalized spacial score (nSPS) is 11.6. The summed E-state index contributed by atoms with van der Waals surface area (Å²) in [6.45, 7) is 15.6. The van der Waals surface area contributed by atoms with E-state index in [9.17, 15) is 4.79 Å². The Morgan fingerprint density at radius 2 is 0.548 bits per heavy atom. The number of hydrogen-bond acceptors (Lipinski definition) is 13. The first-order chi connectivity index (χ1) is 20.7. The Bertz CT molecular complexity index is 526. The van der Waals surface area contributed by atoms with Crippen molar-refractivity contribution < 1.29 is 61.6 Å². The Labute approximate surface area is 252 Å². The van der Waals surface area contributed by atoms with Crippen LogP contribution in [0.15, 0.2) is 0 Å². The molecule has 0 aliphatic heterocycles. The predicted molar refractivity (Wildman–Crippen MR) is 155 cm³/mol. The highest BCUT2D eigenvalue weighted by Crippen LogP contribution is 1.98. The summed E-state index contributed by atoms with van der Waals surface area (Å²) in [5, 5.41) is 0. The zero-order valence-electron chi connectivity index (χ0n) is 26.4. The van der Waals surface area contributed by atoms with Crippen molar-refractivity contribution in [2.45, 2.75) is 20.3 Å². The van der Waals surface area contributed by atoms with Crippen LogP contribution < -0.4 is 0 Å². The minimum Gasteiger partial charge on any atom is -0.382 e. The van der Waals surface area contributed by atoms with Gasteiger partial charge in [-0.25, -0.2) is 0 Å². The van der Waals surface area contributed by atoms with Crippen molar-refractivity contribution in [1.29, 1.82) is 0 Å². The van der Waals surface area contributed by atoms with E-state index in [4.69, 9.17) is 56.8 Å². The van der Waals surface area contributed by atoms with E-state index in [-0.39, 0.29) is 11.7 Å². The first kappa shape index (κ1) is 41.2. The minimum atomic E-state index is 0.0611. The van der Waals surface area contributed by atoms with Crippen LogP contribution in [0.25, 0.3) is 0 Å². The van der Waals surface area contributed by atoms with Crippen LogP contribution >= 0.6 is 0 Å². The van der Waals surface area contributed by atoms with Crippen LogP contribution in [-0.4, -0.2) is 165 Å². The van der Waals surface area contributed by atoms with Crippen LogP contribution in [0.5, 0.6) is 0 Å². The molecular weight excluding hydrogens is 556 g/mol. The van der Waals surface area contributed by atoms with E-state index < -0.39 is 0 Å². The summed E-state index contributed by atoms with van der Waals surface area (Å²) in [5.41, 5.74) is 0. The molecule has 0 radical (unpaired) electrons. The number of methoxy groups -OCH3 is 1. The zero-order chi connectivity index (χ0) is 30.6. The molecule has 252 valence electrons. The van der Waals surface area contributed by atoms with Crippen molar-refractivity contribution in [3.63, 3.8) is 0 Å². The van der Waals surface area contributed by atoms with Crippen molar-refractivity contribution in [1.82, 2.24) is 0 Å². The number of ether oxygens (including phenoxy) is 12. The van der Waals surface area contributed by atoms with Gasteiger partial charge in [-0.3, -0.25) is 4.79 Å². The second kappa shape index (κ2) is 36.4. The predicted octanol–water partition coefficient (Wildman–Crippen LogP) is 1.43. The molecular formula is C29H58O13. The van der Waals surface area contributed by atoms with Crippen LogP contribution in [-0.2, 0) is 61.6 Å². The van der Waals surface area contributed by atoms with Crippen LogP contribution in [0.3, 0.4) is 0 Å². The highest BCUT2D eigenvalue weighted by Gasteiger charge is 2.06. The molecule has 13 heteroatoms. The summed E-state index contributed by atoms with van der Waals surface area (Å²) >= 11 is 0. The monoisotopic (exact) mass is 614 g/mol. The molecule has 0 amide bonds. The molecule has 0 aromatic carbocycles. The molecule has 0 N–H and O–H groups in total. The van der Waals surface area contributed by atoms with E-state index in [0.717, 1.165) is 0 Å². The Morgan fingerprint density at radius 1 is 0.357 bits per heavy atom. The van der Waals surface area contributed by atoms with Gasteiger partial charge in [0.15, 0.2) is 0 Å². The third-order valence-corrected chi connectivity index (χ3v) is 5.29. The second-order valence-electron chi connectivity index (χ2n) is 9.10. The summed E-state index contributed by atoms with van der Waals surface area (Å²) in [6, 6.07) is 0. The van der Waals surface area contributed by atoms with E-state index in [0.29, 0.717) is 158 Å². The summed E-state index contributed by atoms with van der Waals surface area (Å²) < 4.78 is 64.5. The standard InChI is InChI=1S/C29H58O13/c1-28(2)29(30)4-5-32-8-9-34-12-13-36-16-17-38-20-21-40-24-25-42-27-26-41-23-22-39-19-18-37-15-14-35-11-10-33-7-6-31-3/h28H,4-27H2,1-3H3. The third kappa shape index (κ3) is 35.4. The van der Waals surface area contributed by atoms with Crippen LogP contribution in [0.2, 0.25) is 0 Å². The molecule has 0 saturated carbocycles. The smallest absolute Gasteiger partial charge is 0.137 e. The topological polar surface area (TPSA) is 128 Å². The number of Topliss-reactive ketones (excluding diaryl/α,β-unsaturated/α-hetero) is 1. The largest absolute Gasteiger partial charge is 0.382 e. The fourth-order valence-electron chi connectivity index (χ4n) is 2.90. The molecule has 0 bridgehead atoms. The van der Waals surface area contributed by atoms with Crippen molar-refractivity contribution in [3.05, 3.63) is 0 Å². The summed E-state index contributed by atoms with van der Waals surface area (Å²) in [4.78, 5) is 11.5. The van der Waals surface area contributed by atoms with Gasteiger partial charge in [-0.1, -0.05) is 13.8 Å². The van der Waals surface area contributed by atoms with Crippen molar-refractivity contribution in [3.8, 4) is 0 Å². The molecule has 0 heterocycles. The van der Waals surface area contributed by atoms with Crippen LogP contribution in [0, 0.1) is 5.92 Å². The van der Waals surface area contributed by atoms with Gasteiger partial charge < -0.3 is 56.8 Å². The molecule has 13 nitrogen and oxygen atoms in total. The van der Waals surface area contributed by atoms with Gasteiger partial charge in [0.1, 0.15) is 5.78 Å². The lowest BCUT2D eigenvalue weighted by Gasteiger charge is -2.09. The Morgan fingerprint density at radius 3 is 0.738 bits per heavy atom. The van der Waals surface area contributed by atoms with Gasteiger partial charge in [-0.15, -0.1) is 0 Å². The lowest BCUT2D eigenvalue weighted by atomic mass is 10.1. The summed E-state index contributed by atoms with van der Waals surface area (Å²) in [5.74, 6) is 0.280. The Hall–Kier alpha value is -0.810. The highest BCUT2D eigenvalue weighted by molar-refractivity contribution is 5.80. The molecule has 0 spiro atoms. The van der Waals surface area contributed by atoms with Gasteiger partial charge in [0.05, 0.1) is 152 Å². The van der Waals surface area contributed by atoms with Crippen molar-refractivity contribution >= 4 is 5.78 Å². The summed E-state index contributed by atoms with van der Waals surface area (Å²) in [7, 11) is 1.64. The van der Waals surface area contributed by atoms with E-state index in [1.165, 1.54) is 0 Å². The van der Waals surface area contributed by atoms with Crippen molar-refractivity contribution in [2.24, 2.45) is 5.92 Å². The minimum absolute atomic E-state index is 0.0611. The average Bonchev–Trinajstić information content (AvgIpc) is 2.99. The fraction of sp³-hybridized carbons (Fsp3) is 0.966. The fourth-order valence-corrected chi connectivity index (χ4v) is 2.90. The SMILES string of the molecule is COCCOCCOCCOCCOCCOCCOCCOCCOCCOCCOCCOCCC(=O)C(C)C. The average molecular weight is 615 g/mol. The molecule has 0 aromatic rings. The molecule has 0 aliphatic carbocycles. The van der Waals surface area contributed by atoms with Gasteiger partial charge in [0.2, 0.25) is 0 Å². The number of hydrogen-bond donors (Lipinski definition) is 0. The zero-order valence-corrected chi connectivity index (χ0v) is 26.4. The van der Waals surface area contributed by atoms with Gasteiger partial charge in [0, 0.05) is 19.4 Å². The summed E-state index contributed by atoms with van der Waals surface area (Å²) in [6.07, 6.45) is 0.455. The lowest BCUT2D eigenvalue weighted by Crippen LogP contribution is -2.15. The van der Waals surface area contributed by atoms with Crippen LogP contribution in [0.4, 0.5) is 0 Å². The van der Waals surface area contributed by atoms with E-state index >= 15 is 0 Å². The molecule has 0 atom stereocenters. The van der Waals surface area contributed by atoms with Gasteiger partial charge in [0.25, 0.3) is 0 Å². The number of carbonyl (C=O) groups excluding carboxylic acids is 1. The maximum absolute atomic E-state index is 11.5. The molecule has 0 rings (SSSR count). The molecule has 0 saturated heterocycles.